The van der Waals surface area contributed by atoms with Gasteiger partial charge in [-0.1, -0.05) is 6.07 Å². The number of nitrogens with two attached hydrogens (primary N) is 1. The van der Waals surface area contributed by atoms with Crippen LogP contribution in [0.2, 0.25) is 0 Å². The summed E-state index contributed by atoms with van der Waals surface area (Å²) in [5, 5.41) is 0. The molecule has 96 valence electrons. The fraction of sp³-hybridized carbons (Fsp3) is 0.357. The van der Waals surface area contributed by atoms with Crippen molar-refractivity contribution in [1.82, 2.24) is 9.55 Å². The van der Waals surface area contributed by atoms with Crippen molar-refractivity contribution in [2.24, 2.45) is 5.73 Å². The van der Waals surface area contributed by atoms with Crippen LogP contribution in [-0.4, -0.2) is 16.7 Å². The summed E-state index contributed by atoms with van der Waals surface area (Å²) in [4.78, 5) is 4.33. The normalized spacial score (nSPS) is 12.5. The average Bonchev–Trinajstić information content (AvgIpc) is 2.69. The first-order valence-corrected chi connectivity index (χ1v) is 5.99. The van der Waals surface area contributed by atoms with Crippen LogP contribution in [0.1, 0.15) is 29.9 Å². The Morgan fingerprint density at radius 3 is 2.56 bits per heavy atom. The van der Waals surface area contributed by atoms with Crippen LogP contribution in [0.3, 0.4) is 0 Å². The van der Waals surface area contributed by atoms with Crippen molar-refractivity contribution >= 4 is 0 Å². The van der Waals surface area contributed by atoms with Gasteiger partial charge in [-0.3, -0.25) is 0 Å². The molecule has 0 saturated heterocycles. The molecule has 0 saturated carbocycles. The number of aryl methyl sites for hydroxylation is 1. The zero-order valence-corrected chi connectivity index (χ0v) is 11.3. The summed E-state index contributed by atoms with van der Waals surface area (Å²) < 4.78 is 7.45. The Morgan fingerprint density at radius 1 is 1.33 bits per heavy atom. The van der Waals surface area contributed by atoms with Gasteiger partial charge in [-0.2, -0.15) is 0 Å². The number of rotatable bonds is 3. The SMILES string of the molecule is COc1cccc(-n2cnc(C)c2C)c1[C@H](C)N. The summed E-state index contributed by atoms with van der Waals surface area (Å²) in [7, 11) is 1.66. The van der Waals surface area contributed by atoms with Crippen molar-refractivity contribution in [2.75, 3.05) is 7.11 Å². The van der Waals surface area contributed by atoms with Gasteiger partial charge >= 0.3 is 0 Å². The fourth-order valence-corrected chi connectivity index (χ4v) is 2.12. The first kappa shape index (κ1) is 12.6. The fourth-order valence-electron chi connectivity index (χ4n) is 2.12. The molecule has 1 heterocycles. The van der Waals surface area contributed by atoms with Crippen LogP contribution in [0.25, 0.3) is 5.69 Å². The summed E-state index contributed by atoms with van der Waals surface area (Å²) in [5.41, 5.74) is 10.2. The van der Waals surface area contributed by atoms with Gasteiger partial charge in [0.2, 0.25) is 0 Å². The van der Waals surface area contributed by atoms with Crippen molar-refractivity contribution in [1.29, 1.82) is 0 Å². The number of hydrogen-bond acceptors (Lipinski definition) is 3. The molecule has 1 atom stereocenters. The second-order valence-electron chi connectivity index (χ2n) is 4.47. The molecule has 1 aromatic carbocycles. The van der Waals surface area contributed by atoms with Crippen LogP contribution in [0, 0.1) is 13.8 Å². The lowest BCUT2D eigenvalue weighted by Gasteiger charge is -2.18. The van der Waals surface area contributed by atoms with Crippen molar-refractivity contribution < 1.29 is 4.74 Å². The van der Waals surface area contributed by atoms with E-state index < -0.39 is 0 Å². The van der Waals surface area contributed by atoms with E-state index in [9.17, 15) is 0 Å². The quantitative estimate of drug-likeness (QED) is 0.904. The van der Waals surface area contributed by atoms with Gasteiger partial charge in [-0.25, -0.2) is 4.98 Å². The molecular weight excluding hydrogens is 226 g/mol. The predicted octanol–water partition coefficient (Wildman–Crippen LogP) is 2.52. The van der Waals surface area contributed by atoms with Crippen LogP contribution >= 0.6 is 0 Å². The van der Waals surface area contributed by atoms with Crippen LogP contribution in [0.4, 0.5) is 0 Å². The number of benzene rings is 1. The zero-order valence-electron chi connectivity index (χ0n) is 11.3. The first-order chi connectivity index (χ1) is 8.56. The van der Waals surface area contributed by atoms with Crippen LogP contribution in [0.15, 0.2) is 24.5 Å². The van der Waals surface area contributed by atoms with E-state index in [1.54, 1.807) is 7.11 Å². The molecule has 18 heavy (non-hydrogen) atoms. The lowest BCUT2D eigenvalue weighted by molar-refractivity contribution is 0.406. The highest BCUT2D eigenvalue weighted by Gasteiger charge is 2.16. The summed E-state index contributed by atoms with van der Waals surface area (Å²) in [6.07, 6.45) is 1.82. The molecule has 0 aliphatic heterocycles. The van der Waals surface area contributed by atoms with Crippen molar-refractivity contribution in [3.8, 4) is 11.4 Å². The zero-order chi connectivity index (χ0) is 13.3. The van der Waals surface area contributed by atoms with Crippen molar-refractivity contribution in [3.05, 3.63) is 41.5 Å². The van der Waals surface area contributed by atoms with E-state index in [2.05, 4.69) is 9.55 Å². The number of nitrogens with zero attached hydrogens (tertiary/aromatic N) is 2. The highest BCUT2D eigenvalue weighted by atomic mass is 16.5. The maximum Gasteiger partial charge on any atom is 0.125 e. The van der Waals surface area contributed by atoms with E-state index in [1.165, 1.54) is 0 Å². The Hall–Kier alpha value is -1.81. The molecule has 0 aliphatic rings. The average molecular weight is 245 g/mol. The molecule has 2 rings (SSSR count). The summed E-state index contributed by atoms with van der Waals surface area (Å²) in [5.74, 6) is 0.813. The highest BCUT2D eigenvalue weighted by molar-refractivity contribution is 5.52. The van der Waals surface area contributed by atoms with E-state index in [-0.39, 0.29) is 6.04 Å². The molecule has 0 amide bonds. The molecule has 0 aliphatic carbocycles. The minimum atomic E-state index is -0.0988. The third kappa shape index (κ3) is 1.99. The summed E-state index contributed by atoms with van der Waals surface area (Å²) in [6.45, 7) is 6.00. The van der Waals surface area contributed by atoms with Gasteiger partial charge < -0.3 is 15.0 Å². The minimum absolute atomic E-state index is 0.0988. The predicted molar refractivity (Wildman–Crippen MR) is 72.2 cm³/mol. The lowest BCUT2D eigenvalue weighted by atomic mass is 10.0. The summed E-state index contributed by atoms with van der Waals surface area (Å²) >= 11 is 0. The molecular formula is C14H19N3O. The Bertz CT molecular complexity index is 558. The monoisotopic (exact) mass is 245 g/mol. The molecule has 2 N–H and O–H groups in total. The topological polar surface area (TPSA) is 53.1 Å². The van der Waals surface area contributed by atoms with Crippen LogP contribution in [0.5, 0.6) is 5.75 Å². The number of hydrogen-bond donors (Lipinski definition) is 1. The third-order valence-electron chi connectivity index (χ3n) is 3.23. The Balaban J connectivity index is 2.67. The second kappa shape index (κ2) is 4.82. The van der Waals surface area contributed by atoms with Gasteiger partial charge in [0.25, 0.3) is 0 Å². The maximum atomic E-state index is 6.07. The van der Waals surface area contributed by atoms with Gasteiger partial charge in [-0.15, -0.1) is 0 Å². The van der Waals surface area contributed by atoms with Crippen molar-refractivity contribution in [2.45, 2.75) is 26.8 Å². The molecule has 2 aromatic rings. The smallest absolute Gasteiger partial charge is 0.125 e. The van der Waals surface area contributed by atoms with E-state index in [0.29, 0.717) is 0 Å². The molecule has 4 nitrogen and oxygen atoms in total. The number of aromatic nitrogens is 2. The summed E-state index contributed by atoms with van der Waals surface area (Å²) in [6, 6.07) is 5.84. The molecule has 0 radical (unpaired) electrons. The van der Waals surface area contributed by atoms with Gasteiger partial charge in [0.15, 0.2) is 0 Å². The molecule has 1 aromatic heterocycles. The van der Waals surface area contributed by atoms with Crippen LogP contribution < -0.4 is 10.5 Å². The van der Waals surface area contributed by atoms with E-state index in [0.717, 1.165) is 28.4 Å². The van der Waals surface area contributed by atoms with E-state index in [1.807, 2.05) is 45.3 Å². The van der Waals surface area contributed by atoms with E-state index >= 15 is 0 Å². The Labute approximate surface area is 107 Å². The minimum Gasteiger partial charge on any atom is -0.496 e. The van der Waals surface area contributed by atoms with Crippen molar-refractivity contribution in [3.63, 3.8) is 0 Å². The Kier molecular flexibility index (Phi) is 3.39. The van der Waals surface area contributed by atoms with Gasteiger partial charge in [0.05, 0.1) is 24.8 Å². The highest BCUT2D eigenvalue weighted by Crippen LogP contribution is 2.30. The van der Waals surface area contributed by atoms with Gasteiger partial charge in [0, 0.05) is 17.3 Å². The second-order valence-corrected chi connectivity index (χ2v) is 4.47. The lowest BCUT2D eigenvalue weighted by Crippen LogP contribution is -2.12. The largest absolute Gasteiger partial charge is 0.496 e. The standard InChI is InChI=1S/C14H19N3O/c1-9(15)14-12(6-5-7-13(14)18-4)17-8-16-10(2)11(17)3/h5-9H,15H2,1-4H3/t9-/m0/s1. The number of ether oxygens (including phenoxy) is 1. The molecule has 0 fully saturated rings. The molecule has 4 heteroatoms. The molecule has 0 unspecified atom stereocenters. The van der Waals surface area contributed by atoms with Crippen LogP contribution in [-0.2, 0) is 0 Å². The third-order valence-corrected chi connectivity index (χ3v) is 3.23. The molecule has 0 spiro atoms. The number of methoxy groups -OCH3 is 1. The molecule has 0 bridgehead atoms. The first-order valence-electron chi connectivity index (χ1n) is 5.99. The van der Waals surface area contributed by atoms with Gasteiger partial charge in [0.1, 0.15) is 5.75 Å². The van der Waals surface area contributed by atoms with E-state index in [4.69, 9.17) is 10.5 Å². The maximum absolute atomic E-state index is 6.07. The van der Waals surface area contributed by atoms with Gasteiger partial charge in [-0.05, 0) is 32.9 Å². The Morgan fingerprint density at radius 2 is 2.06 bits per heavy atom. The number of imidazole rings is 1.